The van der Waals surface area contributed by atoms with Crippen LogP contribution >= 0.6 is 0 Å². The van der Waals surface area contributed by atoms with Crippen LogP contribution in [-0.4, -0.2) is 42.3 Å². The van der Waals surface area contributed by atoms with E-state index in [1.54, 1.807) is 24.3 Å². The Balaban J connectivity index is 1.88. The van der Waals surface area contributed by atoms with Crippen LogP contribution in [-0.2, 0) is 9.59 Å². The Labute approximate surface area is 171 Å². The number of methoxy groups -OCH3 is 2. The van der Waals surface area contributed by atoms with Gasteiger partial charge in [0.05, 0.1) is 31.4 Å². The van der Waals surface area contributed by atoms with Crippen LogP contribution in [0.4, 0.5) is 11.4 Å². The van der Waals surface area contributed by atoms with Crippen LogP contribution < -0.4 is 20.2 Å². The normalized spacial score (nSPS) is 10.5. The van der Waals surface area contributed by atoms with Gasteiger partial charge in [0.25, 0.3) is 5.69 Å². The number of non-ortho nitro benzene ring substituents is 1. The van der Waals surface area contributed by atoms with E-state index in [1.165, 1.54) is 14.2 Å². The number of hydrogen-bond donors (Lipinski definition) is 3. The third-order valence-electron chi connectivity index (χ3n) is 3.87. The van der Waals surface area contributed by atoms with Gasteiger partial charge in [-0.2, -0.15) is 5.10 Å². The molecule has 158 valence electrons. The highest BCUT2D eigenvalue weighted by molar-refractivity contribution is 5.93. The molecule has 2 amide bonds. The topological polar surface area (TPSA) is 152 Å². The number of aromatic hydroxyl groups is 1. The molecule has 0 atom stereocenters. The molecule has 0 spiro atoms. The van der Waals surface area contributed by atoms with Crippen molar-refractivity contribution in [2.24, 2.45) is 5.10 Å². The van der Waals surface area contributed by atoms with E-state index >= 15 is 0 Å². The van der Waals surface area contributed by atoms with Gasteiger partial charge in [0.15, 0.2) is 11.5 Å². The van der Waals surface area contributed by atoms with Crippen molar-refractivity contribution in [1.29, 1.82) is 0 Å². The fraction of sp³-hybridized carbons (Fsp3) is 0.211. The zero-order valence-corrected chi connectivity index (χ0v) is 16.2. The molecule has 2 aromatic carbocycles. The number of benzene rings is 2. The Morgan fingerprint density at radius 1 is 1.13 bits per heavy atom. The molecule has 0 bridgehead atoms. The first-order valence-electron chi connectivity index (χ1n) is 8.65. The van der Waals surface area contributed by atoms with Gasteiger partial charge < -0.3 is 19.9 Å². The minimum Gasteiger partial charge on any atom is -0.504 e. The molecule has 0 fully saturated rings. The summed E-state index contributed by atoms with van der Waals surface area (Å²) < 4.78 is 9.90. The second kappa shape index (κ2) is 10.4. The van der Waals surface area contributed by atoms with Gasteiger partial charge in [0.1, 0.15) is 5.75 Å². The molecule has 0 heterocycles. The molecule has 3 N–H and O–H groups in total. The molecule has 11 heteroatoms. The average Bonchev–Trinajstić information content (AvgIpc) is 2.73. The number of nitrogens with one attached hydrogen (secondary N) is 2. The Kier molecular flexibility index (Phi) is 7.68. The van der Waals surface area contributed by atoms with E-state index < -0.39 is 10.8 Å². The van der Waals surface area contributed by atoms with Crippen molar-refractivity contribution in [3.05, 3.63) is 52.1 Å². The van der Waals surface area contributed by atoms with Crippen LogP contribution in [0.1, 0.15) is 18.4 Å². The summed E-state index contributed by atoms with van der Waals surface area (Å²) in [4.78, 5) is 34.0. The molecule has 0 unspecified atom stereocenters. The summed E-state index contributed by atoms with van der Waals surface area (Å²) in [6, 6.07) is 8.86. The number of phenols is 1. The van der Waals surface area contributed by atoms with Gasteiger partial charge in [-0.1, -0.05) is 0 Å². The van der Waals surface area contributed by atoms with Crippen molar-refractivity contribution < 1.29 is 29.1 Å². The highest BCUT2D eigenvalue weighted by atomic mass is 16.6. The summed E-state index contributed by atoms with van der Waals surface area (Å²) in [6.07, 6.45) is 0.826. The van der Waals surface area contributed by atoms with Crippen LogP contribution in [0.15, 0.2) is 41.5 Å². The van der Waals surface area contributed by atoms with Crippen LogP contribution in [0, 0.1) is 10.1 Å². The van der Waals surface area contributed by atoms with Gasteiger partial charge in [-0.05, 0) is 24.3 Å². The van der Waals surface area contributed by atoms with Crippen molar-refractivity contribution in [2.45, 2.75) is 12.8 Å². The molecule has 30 heavy (non-hydrogen) atoms. The number of hydrazone groups is 1. The van der Waals surface area contributed by atoms with Crippen molar-refractivity contribution in [1.82, 2.24) is 5.43 Å². The minimum atomic E-state index is -0.653. The number of nitro groups is 1. The SMILES string of the molecule is COc1ccc(NC(=O)CCC(=O)N/N=C\c2cc([N+](=O)[O-])cc(OC)c2O)cc1. The molecule has 0 aliphatic carbocycles. The number of carbonyl (C=O) groups excluding carboxylic acids is 2. The Morgan fingerprint density at radius 3 is 2.40 bits per heavy atom. The molecular weight excluding hydrogens is 396 g/mol. The maximum Gasteiger partial charge on any atom is 0.274 e. The van der Waals surface area contributed by atoms with Gasteiger partial charge in [-0.25, -0.2) is 5.43 Å². The number of hydrogen-bond acceptors (Lipinski definition) is 8. The maximum atomic E-state index is 11.9. The van der Waals surface area contributed by atoms with E-state index in [1.807, 2.05) is 0 Å². The predicted octanol–water partition coefficient (Wildman–Crippen LogP) is 2.19. The average molecular weight is 416 g/mol. The molecule has 2 rings (SSSR count). The number of rotatable bonds is 9. The zero-order chi connectivity index (χ0) is 22.1. The maximum absolute atomic E-state index is 11.9. The Morgan fingerprint density at radius 2 is 1.80 bits per heavy atom. The lowest BCUT2D eigenvalue weighted by Gasteiger charge is -2.06. The summed E-state index contributed by atoms with van der Waals surface area (Å²) in [5.41, 5.74) is 2.43. The lowest BCUT2D eigenvalue weighted by molar-refractivity contribution is -0.385. The van der Waals surface area contributed by atoms with Gasteiger partial charge in [0.2, 0.25) is 11.8 Å². The third-order valence-corrected chi connectivity index (χ3v) is 3.87. The largest absolute Gasteiger partial charge is 0.504 e. The van der Waals surface area contributed by atoms with Crippen LogP contribution in [0.2, 0.25) is 0 Å². The standard InChI is InChI=1S/C19H20N4O7/c1-29-15-5-3-13(4-6-15)21-17(24)7-8-18(25)22-20-11-12-9-14(23(27)28)10-16(30-2)19(12)26/h3-6,9-11,26H,7-8H2,1-2H3,(H,21,24)(H,22,25)/b20-11-. The number of phenolic OH excluding ortho intramolecular Hbond substituents is 1. The predicted molar refractivity (Wildman–Crippen MR) is 108 cm³/mol. The van der Waals surface area contributed by atoms with Crippen molar-refractivity contribution in [2.75, 3.05) is 19.5 Å². The van der Waals surface area contributed by atoms with Crippen molar-refractivity contribution >= 4 is 29.4 Å². The molecule has 11 nitrogen and oxygen atoms in total. The number of ether oxygens (including phenoxy) is 2. The number of anilines is 1. The first-order chi connectivity index (χ1) is 14.3. The molecular formula is C19H20N4O7. The minimum absolute atomic E-state index is 0.0152. The molecule has 0 saturated carbocycles. The number of nitro benzene ring substituents is 1. The van der Waals surface area contributed by atoms with E-state index in [0.717, 1.165) is 18.3 Å². The second-order valence-electron chi connectivity index (χ2n) is 5.91. The quantitative estimate of drug-likeness (QED) is 0.322. The summed E-state index contributed by atoms with van der Waals surface area (Å²) in [6.45, 7) is 0. The fourth-order valence-electron chi connectivity index (χ4n) is 2.33. The van der Waals surface area contributed by atoms with E-state index in [2.05, 4.69) is 15.8 Å². The Bertz CT molecular complexity index is 958. The molecule has 0 saturated heterocycles. The molecule has 0 aliphatic heterocycles. The Hall–Kier alpha value is -4.15. The highest BCUT2D eigenvalue weighted by Gasteiger charge is 2.16. The first kappa shape index (κ1) is 22.1. The lowest BCUT2D eigenvalue weighted by atomic mass is 10.2. The molecule has 2 aromatic rings. The van der Waals surface area contributed by atoms with Gasteiger partial charge >= 0.3 is 0 Å². The van der Waals surface area contributed by atoms with E-state index in [9.17, 15) is 24.8 Å². The fourth-order valence-corrected chi connectivity index (χ4v) is 2.33. The first-order valence-corrected chi connectivity index (χ1v) is 8.65. The summed E-state index contributed by atoms with van der Waals surface area (Å²) in [5, 5.41) is 27.2. The molecule has 0 aromatic heterocycles. The van der Waals surface area contributed by atoms with Crippen LogP contribution in [0.25, 0.3) is 0 Å². The summed E-state index contributed by atoms with van der Waals surface area (Å²) in [7, 11) is 2.78. The summed E-state index contributed by atoms with van der Waals surface area (Å²) in [5.74, 6) is -0.724. The van der Waals surface area contributed by atoms with E-state index in [-0.39, 0.29) is 41.5 Å². The third kappa shape index (κ3) is 6.19. The van der Waals surface area contributed by atoms with E-state index in [4.69, 9.17) is 9.47 Å². The monoisotopic (exact) mass is 416 g/mol. The van der Waals surface area contributed by atoms with Gasteiger partial charge in [0, 0.05) is 30.2 Å². The van der Waals surface area contributed by atoms with Crippen LogP contribution in [0.3, 0.4) is 0 Å². The number of nitrogens with zero attached hydrogens (tertiary/aromatic N) is 2. The van der Waals surface area contributed by atoms with Crippen molar-refractivity contribution in [3.63, 3.8) is 0 Å². The van der Waals surface area contributed by atoms with Crippen molar-refractivity contribution in [3.8, 4) is 17.2 Å². The molecule has 0 aliphatic rings. The van der Waals surface area contributed by atoms with Crippen LogP contribution in [0.5, 0.6) is 17.2 Å². The second-order valence-corrected chi connectivity index (χ2v) is 5.91. The van der Waals surface area contributed by atoms with E-state index in [0.29, 0.717) is 11.4 Å². The van der Waals surface area contributed by atoms with Gasteiger partial charge in [-0.3, -0.25) is 19.7 Å². The number of carbonyl (C=O) groups is 2. The number of amides is 2. The lowest BCUT2D eigenvalue weighted by Crippen LogP contribution is -2.20. The zero-order valence-electron chi connectivity index (χ0n) is 16.2. The van der Waals surface area contributed by atoms with Gasteiger partial charge in [-0.15, -0.1) is 0 Å². The molecule has 0 radical (unpaired) electrons. The highest BCUT2D eigenvalue weighted by Crippen LogP contribution is 2.33. The smallest absolute Gasteiger partial charge is 0.274 e. The summed E-state index contributed by atoms with van der Waals surface area (Å²) >= 11 is 0.